The van der Waals surface area contributed by atoms with Crippen LogP contribution in [0.1, 0.15) is 32.1 Å². The van der Waals surface area contributed by atoms with E-state index in [2.05, 4.69) is 0 Å². The Balaban J connectivity index is 2.03. The van der Waals surface area contributed by atoms with Gasteiger partial charge in [-0.1, -0.05) is 19.3 Å². The molecule has 0 heterocycles. The fraction of sp³-hybridized carbons (Fsp3) is 0.538. The van der Waals surface area contributed by atoms with Gasteiger partial charge in [0, 0.05) is 4.90 Å². The Labute approximate surface area is 103 Å². The summed E-state index contributed by atoms with van der Waals surface area (Å²) in [5.41, 5.74) is -0.794. The van der Waals surface area contributed by atoms with Crippen LogP contribution < -0.4 is 0 Å². The highest BCUT2D eigenvalue weighted by Crippen LogP contribution is 2.29. The normalized spacial score (nSPS) is 21.1. The average Bonchev–Trinajstić information content (AvgIpc) is 2.30. The lowest BCUT2D eigenvalue weighted by molar-refractivity contribution is 0.0265. The molecule has 2 nitrogen and oxygen atoms in total. The molecule has 1 aliphatic carbocycles. The first-order valence-corrected chi connectivity index (χ1v) is 7.27. The Morgan fingerprint density at radius 1 is 1.18 bits per heavy atom. The molecule has 1 unspecified atom stereocenters. The first-order chi connectivity index (χ1) is 8.09. The predicted octanol–water partition coefficient (Wildman–Crippen LogP) is 2.63. The zero-order valence-electron chi connectivity index (χ0n) is 9.69. The van der Waals surface area contributed by atoms with E-state index >= 15 is 0 Å². The van der Waals surface area contributed by atoms with E-state index in [4.69, 9.17) is 0 Å². The smallest absolute Gasteiger partial charge is 0.123 e. The molecule has 1 aliphatic rings. The third kappa shape index (κ3) is 3.36. The lowest BCUT2D eigenvalue weighted by atomic mass is 9.86. The zero-order valence-corrected chi connectivity index (χ0v) is 10.5. The molecule has 2 rings (SSSR count). The van der Waals surface area contributed by atoms with Crippen molar-refractivity contribution in [3.63, 3.8) is 0 Å². The van der Waals surface area contributed by atoms with Crippen molar-refractivity contribution in [3.05, 3.63) is 30.1 Å². The summed E-state index contributed by atoms with van der Waals surface area (Å²) in [4.78, 5) is 0.588. The lowest BCUT2D eigenvalue weighted by Gasteiger charge is -2.31. The first-order valence-electron chi connectivity index (χ1n) is 5.95. The number of hydrogen-bond donors (Lipinski definition) is 1. The highest BCUT2D eigenvalue weighted by Gasteiger charge is 2.31. The van der Waals surface area contributed by atoms with Crippen molar-refractivity contribution >= 4 is 10.8 Å². The van der Waals surface area contributed by atoms with E-state index in [0.29, 0.717) is 4.90 Å². The van der Waals surface area contributed by atoms with Crippen molar-refractivity contribution < 1.29 is 13.7 Å². The number of benzene rings is 1. The Hall–Kier alpha value is -0.740. The second kappa shape index (κ2) is 5.27. The van der Waals surface area contributed by atoms with E-state index in [0.717, 1.165) is 32.1 Å². The van der Waals surface area contributed by atoms with E-state index in [1.807, 2.05) is 0 Å². The summed E-state index contributed by atoms with van der Waals surface area (Å²) in [7, 11) is -1.25. The summed E-state index contributed by atoms with van der Waals surface area (Å²) < 4.78 is 24.8. The van der Waals surface area contributed by atoms with Crippen LogP contribution in [0.3, 0.4) is 0 Å². The van der Waals surface area contributed by atoms with Crippen LogP contribution in [0, 0.1) is 5.82 Å². The zero-order chi connectivity index (χ0) is 12.3. The minimum absolute atomic E-state index is 0.263. The molecule has 17 heavy (non-hydrogen) atoms. The second-order valence-corrected chi connectivity index (χ2v) is 6.18. The first kappa shape index (κ1) is 12.7. The van der Waals surface area contributed by atoms with Gasteiger partial charge in [-0.2, -0.15) is 0 Å². The number of rotatable bonds is 3. The molecule has 0 aliphatic heterocycles. The summed E-state index contributed by atoms with van der Waals surface area (Å²) in [6.07, 6.45) is 4.58. The van der Waals surface area contributed by atoms with Gasteiger partial charge >= 0.3 is 0 Å². The van der Waals surface area contributed by atoms with Gasteiger partial charge in [-0.05, 0) is 37.1 Å². The van der Waals surface area contributed by atoms with Crippen molar-refractivity contribution in [2.75, 3.05) is 5.75 Å². The monoisotopic (exact) mass is 256 g/mol. The van der Waals surface area contributed by atoms with Crippen LogP contribution in [0.25, 0.3) is 0 Å². The van der Waals surface area contributed by atoms with Gasteiger partial charge in [-0.3, -0.25) is 4.21 Å². The van der Waals surface area contributed by atoms with Crippen molar-refractivity contribution in [1.29, 1.82) is 0 Å². The quantitative estimate of drug-likeness (QED) is 0.902. The topological polar surface area (TPSA) is 37.3 Å². The summed E-state index contributed by atoms with van der Waals surface area (Å²) in [5.74, 6) is -0.0688. The second-order valence-electron chi connectivity index (χ2n) is 4.73. The molecule has 1 aromatic rings. The van der Waals surface area contributed by atoms with Crippen LogP contribution in [0.2, 0.25) is 0 Å². The van der Waals surface area contributed by atoms with Gasteiger partial charge in [0.15, 0.2) is 0 Å². The molecule has 0 saturated heterocycles. The van der Waals surface area contributed by atoms with Gasteiger partial charge in [0.25, 0.3) is 0 Å². The van der Waals surface area contributed by atoms with Gasteiger partial charge in [0.05, 0.1) is 22.2 Å². The van der Waals surface area contributed by atoms with Crippen LogP contribution in [-0.4, -0.2) is 20.7 Å². The molecule has 0 amide bonds. The molecule has 0 bridgehead atoms. The summed E-state index contributed by atoms with van der Waals surface area (Å²) in [5, 5.41) is 10.3. The highest BCUT2D eigenvalue weighted by molar-refractivity contribution is 7.85. The molecule has 1 saturated carbocycles. The van der Waals surface area contributed by atoms with Crippen LogP contribution >= 0.6 is 0 Å². The summed E-state index contributed by atoms with van der Waals surface area (Å²) in [6.45, 7) is 0. The summed E-state index contributed by atoms with van der Waals surface area (Å²) >= 11 is 0. The third-order valence-corrected chi connectivity index (χ3v) is 4.86. The van der Waals surface area contributed by atoms with Crippen molar-refractivity contribution in [2.45, 2.75) is 42.6 Å². The fourth-order valence-electron chi connectivity index (χ4n) is 2.27. The maximum atomic E-state index is 12.7. The maximum absolute atomic E-state index is 12.7. The highest BCUT2D eigenvalue weighted by atomic mass is 32.2. The molecule has 0 spiro atoms. The summed E-state index contributed by atoms with van der Waals surface area (Å²) in [6, 6.07) is 5.66. The van der Waals surface area contributed by atoms with Gasteiger partial charge in [-0.15, -0.1) is 0 Å². The molecule has 4 heteroatoms. The fourth-order valence-corrected chi connectivity index (χ4v) is 3.65. The van der Waals surface area contributed by atoms with Gasteiger partial charge in [0.2, 0.25) is 0 Å². The SMILES string of the molecule is O=S(CC1(O)CCCCC1)c1ccc(F)cc1. The van der Waals surface area contributed by atoms with Crippen LogP contribution in [0.15, 0.2) is 29.2 Å². The van der Waals surface area contributed by atoms with E-state index < -0.39 is 16.4 Å². The molecule has 1 N–H and O–H groups in total. The largest absolute Gasteiger partial charge is 0.389 e. The Bertz CT molecular complexity index is 396. The van der Waals surface area contributed by atoms with Gasteiger partial charge in [-0.25, -0.2) is 4.39 Å². The molecule has 1 atom stereocenters. The number of halogens is 1. The van der Waals surface area contributed by atoms with E-state index in [-0.39, 0.29) is 11.6 Å². The average molecular weight is 256 g/mol. The minimum Gasteiger partial charge on any atom is -0.389 e. The minimum atomic E-state index is -1.25. The maximum Gasteiger partial charge on any atom is 0.123 e. The number of hydrogen-bond acceptors (Lipinski definition) is 2. The van der Waals surface area contributed by atoms with Crippen LogP contribution in [-0.2, 0) is 10.8 Å². The van der Waals surface area contributed by atoms with Crippen LogP contribution in [0.4, 0.5) is 4.39 Å². The molecule has 1 aromatic carbocycles. The van der Waals surface area contributed by atoms with Gasteiger partial charge in [0.1, 0.15) is 5.82 Å². The molecular formula is C13H17FO2S. The molecular weight excluding hydrogens is 239 g/mol. The van der Waals surface area contributed by atoms with Crippen molar-refractivity contribution in [2.24, 2.45) is 0 Å². The molecule has 0 aromatic heterocycles. The molecule has 94 valence electrons. The van der Waals surface area contributed by atoms with E-state index in [9.17, 15) is 13.7 Å². The Morgan fingerprint density at radius 3 is 2.35 bits per heavy atom. The third-order valence-electron chi connectivity index (χ3n) is 3.26. The van der Waals surface area contributed by atoms with Gasteiger partial charge < -0.3 is 5.11 Å². The lowest BCUT2D eigenvalue weighted by Crippen LogP contribution is -2.37. The van der Waals surface area contributed by atoms with E-state index in [1.54, 1.807) is 0 Å². The molecule has 0 radical (unpaired) electrons. The van der Waals surface area contributed by atoms with Crippen molar-refractivity contribution in [1.82, 2.24) is 0 Å². The predicted molar refractivity (Wildman–Crippen MR) is 65.7 cm³/mol. The Kier molecular flexibility index (Phi) is 3.94. The van der Waals surface area contributed by atoms with Crippen LogP contribution in [0.5, 0.6) is 0 Å². The molecule has 1 fully saturated rings. The standard InChI is InChI=1S/C13H17FO2S/c14-11-4-6-12(7-5-11)17(16)10-13(15)8-2-1-3-9-13/h4-7,15H,1-3,8-10H2. The van der Waals surface area contributed by atoms with Crippen molar-refractivity contribution in [3.8, 4) is 0 Å². The van der Waals surface area contributed by atoms with E-state index in [1.165, 1.54) is 24.3 Å². The number of aliphatic hydroxyl groups is 1. The Morgan fingerprint density at radius 2 is 1.76 bits per heavy atom.